The maximum Gasteiger partial charge on any atom is 0.194 e. The Kier molecular flexibility index (Phi) is 5.03. The fourth-order valence-electron chi connectivity index (χ4n) is 2.49. The van der Waals surface area contributed by atoms with E-state index < -0.39 is 0 Å². The quantitative estimate of drug-likeness (QED) is 0.527. The zero-order chi connectivity index (χ0) is 17.6. The monoisotopic (exact) mass is 339 g/mol. The van der Waals surface area contributed by atoms with Gasteiger partial charge in [0, 0.05) is 33.3 Å². The molecule has 2 N–H and O–H groups in total. The molecule has 0 fully saturated rings. The van der Waals surface area contributed by atoms with E-state index in [1.165, 1.54) is 6.33 Å². The number of hydrogen-bond acceptors (Lipinski definition) is 5. The summed E-state index contributed by atoms with van der Waals surface area (Å²) in [5.41, 5.74) is 2.13. The Bertz CT molecular complexity index is 835. The van der Waals surface area contributed by atoms with Crippen molar-refractivity contribution in [1.82, 2.24) is 40.2 Å². The molecule has 130 valence electrons. The van der Waals surface area contributed by atoms with Crippen molar-refractivity contribution in [2.45, 2.75) is 13.1 Å². The van der Waals surface area contributed by atoms with Crippen LogP contribution in [-0.2, 0) is 20.1 Å². The number of aromatic nitrogens is 6. The number of nitrogens with zero attached hydrogens (tertiary/aromatic N) is 7. The van der Waals surface area contributed by atoms with Gasteiger partial charge in [-0.15, -0.1) is 0 Å². The standard InChI is InChI=1S/C16H21N9/c1-17-16(24(2)9-14-19-11-22-25(14)3)18-8-12-5-4-6-13(7-12)15-20-10-21-23-15/h4-7,10-11H,8-9H2,1-3H3,(H,17,18)(H,20,21,23). The summed E-state index contributed by atoms with van der Waals surface area (Å²) in [5, 5.41) is 14.2. The predicted molar refractivity (Wildman–Crippen MR) is 94.5 cm³/mol. The molecule has 3 aromatic rings. The first kappa shape index (κ1) is 16.6. The molecular formula is C16H21N9. The summed E-state index contributed by atoms with van der Waals surface area (Å²) in [6, 6.07) is 8.13. The first-order valence-corrected chi connectivity index (χ1v) is 7.86. The highest BCUT2D eigenvalue weighted by molar-refractivity contribution is 5.79. The fourth-order valence-corrected chi connectivity index (χ4v) is 2.49. The lowest BCUT2D eigenvalue weighted by Gasteiger charge is -2.21. The molecule has 1 aromatic carbocycles. The first-order chi connectivity index (χ1) is 12.2. The van der Waals surface area contributed by atoms with Crippen molar-refractivity contribution in [2.24, 2.45) is 12.0 Å². The molecule has 0 radical (unpaired) electrons. The van der Waals surface area contributed by atoms with Crippen molar-refractivity contribution in [3.63, 3.8) is 0 Å². The highest BCUT2D eigenvalue weighted by Gasteiger charge is 2.10. The van der Waals surface area contributed by atoms with Crippen molar-refractivity contribution in [1.29, 1.82) is 0 Å². The van der Waals surface area contributed by atoms with E-state index in [-0.39, 0.29) is 0 Å². The molecule has 9 heteroatoms. The van der Waals surface area contributed by atoms with Crippen LogP contribution in [-0.4, -0.2) is 54.9 Å². The molecule has 2 heterocycles. The Morgan fingerprint density at radius 1 is 1.32 bits per heavy atom. The Hall–Kier alpha value is -3.23. The van der Waals surface area contributed by atoms with E-state index in [1.807, 2.05) is 31.1 Å². The summed E-state index contributed by atoms with van der Waals surface area (Å²) in [7, 11) is 5.61. The molecular weight excluding hydrogens is 318 g/mol. The minimum Gasteiger partial charge on any atom is -0.352 e. The highest BCUT2D eigenvalue weighted by Crippen LogP contribution is 2.15. The summed E-state index contributed by atoms with van der Waals surface area (Å²) >= 11 is 0. The minimum absolute atomic E-state index is 0.619. The number of rotatable bonds is 5. The molecule has 0 saturated carbocycles. The lowest BCUT2D eigenvalue weighted by molar-refractivity contribution is 0.448. The molecule has 0 aliphatic carbocycles. The molecule has 0 unspecified atom stereocenters. The summed E-state index contributed by atoms with van der Waals surface area (Å²) in [5.74, 6) is 2.41. The van der Waals surface area contributed by atoms with Crippen molar-refractivity contribution >= 4 is 5.96 Å². The van der Waals surface area contributed by atoms with Crippen LogP contribution >= 0.6 is 0 Å². The maximum atomic E-state index is 4.33. The summed E-state index contributed by atoms with van der Waals surface area (Å²) in [6.45, 7) is 1.27. The van der Waals surface area contributed by atoms with Gasteiger partial charge in [0.25, 0.3) is 0 Å². The third-order valence-electron chi connectivity index (χ3n) is 3.82. The van der Waals surface area contributed by atoms with Crippen LogP contribution in [0.1, 0.15) is 11.4 Å². The van der Waals surface area contributed by atoms with Gasteiger partial charge in [-0.05, 0) is 11.6 Å². The van der Waals surface area contributed by atoms with Gasteiger partial charge in [0.1, 0.15) is 18.5 Å². The third-order valence-corrected chi connectivity index (χ3v) is 3.82. The number of hydrogen-bond donors (Lipinski definition) is 2. The van der Waals surface area contributed by atoms with Crippen LogP contribution in [0.25, 0.3) is 11.4 Å². The molecule has 0 saturated heterocycles. The van der Waals surface area contributed by atoms with Gasteiger partial charge in [-0.1, -0.05) is 18.2 Å². The molecule has 0 aliphatic rings. The molecule has 3 rings (SSSR count). The molecule has 0 atom stereocenters. The molecule has 9 nitrogen and oxygen atoms in total. The number of H-pyrrole nitrogens is 1. The van der Waals surface area contributed by atoms with E-state index in [1.54, 1.807) is 18.1 Å². The summed E-state index contributed by atoms with van der Waals surface area (Å²) in [6.07, 6.45) is 3.05. The zero-order valence-electron chi connectivity index (χ0n) is 14.5. The summed E-state index contributed by atoms with van der Waals surface area (Å²) in [4.78, 5) is 14.8. The van der Waals surface area contributed by atoms with Crippen molar-refractivity contribution in [3.8, 4) is 11.4 Å². The van der Waals surface area contributed by atoms with Crippen LogP contribution in [0.15, 0.2) is 41.9 Å². The SMILES string of the molecule is CN=C(NCc1cccc(-c2ncn[nH]2)c1)N(C)Cc1ncnn1C. The van der Waals surface area contributed by atoms with Gasteiger partial charge in [0.05, 0.1) is 6.54 Å². The van der Waals surface area contributed by atoms with Crippen LogP contribution in [0.5, 0.6) is 0 Å². The van der Waals surface area contributed by atoms with Crippen LogP contribution < -0.4 is 5.32 Å². The Morgan fingerprint density at radius 2 is 2.20 bits per heavy atom. The molecule has 25 heavy (non-hydrogen) atoms. The average molecular weight is 339 g/mol. The number of aromatic amines is 1. The third kappa shape index (κ3) is 4.00. The average Bonchev–Trinajstić information content (AvgIpc) is 3.28. The van der Waals surface area contributed by atoms with Gasteiger partial charge in [-0.25, -0.2) is 9.97 Å². The predicted octanol–water partition coefficient (Wildman–Crippen LogP) is 0.808. The second kappa shape index (κ2) is 7.56. The van der Waals surface area contributed by atoms with E-state index in [0.29, 0.717) is 13.1 Å². The first-order valence-electron chi connectivity index (χ1n) is 7.86. The van der Waals surface area contributed by atoms with Gasteiger partial charge in [-0.3, -0.25) is 14.8 Å². The largest absolute Gasteiger partial charge is 0.352 e. The molecule has 0 spiro atoms. The highest BCUT2D eigenvalue weighted by atomic mass is 15.4. The smallest absolute Gasteiger partial charge is 0.194 e. The Labute approximate surface area is 145 Å². The zero-order valence-corrected chi connectivity index (χ0v) is 14.5. The van der Waals surface area contributed by atoms with E-state index in [0.717, 1.165) is 28.7 Å². The van der Waals surface area contributed by atoms with Crippen molar-refractivity contribution < 1.29 is 0 Å². The second-order valence-electron chi connectivity index (χ2n) is 5.59. The fraction of sp³-hybridized carbons (Fsp3) is 0.312. The lowest BCUT2D eigenvalue weighted by Crippen LogP contribution is -2.38. The van der Waals surface area contributed by atoms with Crippen LogP contribution in [0, 0.1) is 0 Å². The van der Waals surface area contributed by atoms with Gasteiger partial charge in [0.2, 0.25) is 0 Å². The topological polar surface area (TPSA) is 99.9 Å². The normalized spacial score (nSPS) is 11.6. The van der Waals surface area contributed by atoms with E-state index >= 15 is 0 Å². The van der Waals surface area contributed by atoms with E-state index in [9.17, 15) is 0 Å². The maximum absolute atomic E-state index is 4.33. The molecule has 0 amide bonds. The van der Waals surface area contributed by atoms with E-state index in [4.69, 9.17) is 0 Å². The molecule has 2 aromatic heterocycles. The second-order valence-corrected chi connectivity index (χ2v) is 5.59. The van der Waals surface area contributed by atoms with Crippen LogP contribution in [0.2, 0.25) is 0 Å². The van der Waals surface area contributed by atoms with Gasteiger partial charge < -0.3 is 10.2 Å². The van der Waals surface area contributed by atoms with Gasteiger partial charge in [-0.2, -0.15) is 10.2 Å². The Balaban J connectivity index is 1.63. The number of aryl methyl sites for hydroxylation is 1. The molecule has 0 aliphatic heterocycles. The number of guanidine groups is 1. The van der Waals surface area contributed by atoms with Gasteiger partial charge in [0.15, 0.2) is 11.8 Å². The van der Waals surface area contributed by atoms with Crippen LogP contribution in [0.4, 0.5) is 0 Å². The number of nitrogens with one attached hydrogen (secondary N) is 2. The number of aliphatic imine (C=N–C) groups is 1. The molecule has 0 bridgehead atoms. The van der Waals surface area contributed by atoms with Gasteiger partial charge >= 0.3 is 0 Å². The minimum atomic E-state index is 0.619. The summed E-state index contributed by atoms with van der Waals surface area (Å²) < 4.78 is 1.75. The van der Waals surface area contributed by atoms with Crippen LogP contribution in [0.3, 0.4) is 0 Å². The van der Waals surface area contributed by atoms with Crippen molar-refractivity contribution in [2.75, 3.05) is 14.1 Å². The number of benzene rings is 1. The van der Waals surface area contributed by atoms with E-state index in [2.05, 4.69) is 47.7 Å². The Morgan fingerprint density at radius 3 is 2.88 bits per heavy atom. The van der Waals surface area contributed by atoms with Crippen molar-refractivity contribution in [3.05, 3.63) is 48.3 Å². The lowest BCUT2D eigenvalue weighted by atomic mass is 10.1.